The zero-order chi connectivity index (χ0) is 14.2. The molecule has 0 aliphatic heterocycles. The van der Waals surface area contributed by atoms with E-state index in [4.69, 9.17) is 4.74 Å². The van der Waals surface area contributed by atoms with Crippen molar-refractivity contribution in [1.82, 2.24) is 5.32 Å². The van der Waals surface area contributed by atoms with E-state index >= 15 is 0 Å². The number of rotatable bonds is 4. The van der Waals surface area contributed by atoms with E-state index in [1.807, 2.05) is 0 Å². The molecule has 0 heterocycles. The van der Waals surface area contributed by atoms with Gasteiger partial charge >= 0.3 is 0 Å². The molecule has 2 heteroatoms. The van der Waals surface area contributed by atoms with Gasteiger partial charge in [0, 0.05) is 17.9 Å². The third kappa shape index (κ3) is 2.14. The molecule has 2 aliphatic carbocycles. The number of ether oxygens (including phenoxy) is 1. The second-order valence-electron chi connectivity index (χ2n) is 6.59. The molecule has 1 aromatic rings. The molecule has 1 spiro atoms. The monoisotopic (exact) mass is 273 g/mol. The summed E-state index contributed by atoms with van der Waals surface area (Å²) in [7, 11) is 0. The fourth-order valence-corrected chi connectivity index (χ4v) is 4.15. The van der Waals surface area contributed by atoms with E-state index in [0.29, 0.717) is 17.6 Å². The molecule has 0 radical (unpaired) electrons. The summed E-state index contributed by atoms with van der Waals surface area (Å²) in [5.74, 6) is 1.09. The van der Waals surface area contributed by atoms with E-state index in [1.165, 1.54) is 43.2 Å². The smallest absolute Gasteiger partial charge is 0.122 e. The first kappa shape index (κ1) is 13.9. The summed E-state index contributed by atoms with van der Waals surface area (Å²) in [6.07, 6.45) is 6.99. The van der Waals surface area contributed by atoms with Crippen molar-refractivity contribution in [3.63, 3.8) is 0 Å². The highest BCUT2D eigenvalue weighted by Crippen LogP contribution is 2.54. The Bertz CT molecular complexity index is 476. The lowest BCUT2D eigenvalue weighted by Crippen LogP contribution is -2.63. The van der Waals surface area contributed by atoms with Crippen molar-refractivity contribution in [3.05, 3.63) is 29.3 Å². The molecule has 0 amide bonds. The third-order valence-electron chi connectivity index (χ3n) is 5.59. The lowest BCUT2D eigenvalue weighted by Gasteiger charge is -2.54. The molecule has 20 heavy (non-hydrogen) atoms. The van der Waals surface area contributed by atoms with Crippen molar-refractivity contribution in [3.8, 4) is 5.75 Å². The van der Waals surface area contributed by atoms with Crippen molar-refractivity contribution < 1.29 is 4.74 Å². The molecule has 1 aromatic carbocycles. The van der Waals surface area contributed by atoms with Gasteiger partial charge in [0.25, 0.3) is 0 Å². The van der Waals surface area contributed by atoms with Crippen molar-refractivity contribution in [2.45, 2.75) is 65.0 Å². The Morgan fingerprint density at radius 1 is 1.25 bits per heavy atom. The highest BCUT2D eigenvalue weighted by atomic mass is 16.5. The Balaban J connectivity index is 1.76. The second kappa shape index (κ2) is 5.40. The van der Waals surface area contributed by atoms with Gasteiger partial charge < -0.3 is 10.1 Å². The van der Waals surface area contributed by atoms with Crippen molar-refractivity contribution >= 4 is 0 Å². The van der Waals surface area contributed by atoms with E-state index in [0.717, 1.165) is 12.3 Å². The molecule has 2 atom stereocenters. The van der Waals surface area contributed by atoms with Crippen molar-refractivity contribution in [2.24, 2.45) is 5.41 Å². The van der Waals surface area contributed by atoms with Gasteiger partial charge in [0.15, 0.2) is 0 Å². The minimum absolute atomic E-state index is 0.409. The summed E-state index contributed by atoms with van der Waals surface area (Å²) in [5.41, 5.74) is 3.03. The van der Waals surface area contributed by atoms with Crippen LogP contribution in [0.2, 0.25) is 0 Å². The first-order valence-electron chi connectivity index (χ1n) is 8.13. The maximum Gasteiger partial charge on any atom is 0.122 e. The summed E-state index contributed by atoms with van der Waals surface area (Å²) in [4.78, 5) is 0. The largest absolute Gasteiger partial charge is 0.489 e. The molecule has 0 aromatic heterocycles. The zero-order valence-corrected chi connectivity index (χ0v) is 13.0. The lowest BCUT2D eigenvalue weighted by atomic mass is 9.60. The van der Waals surface area contributed by atoms with Crippen LogP contribution < -0.4 is 10.1 Å². The predicted octanol–water partition coefficient (Wildman–Crippen LogP) is 3.99. The topological polar surface area (TPSA) is 21.3 Å². The third-order valence-corrected chi connectivity index (χ3v) is 5.59. The van der Waals surface area contributed by atoms with E-state index in [9.17, 15) is 0 Å². The quantitative estimate of drug-likeness (QED) is 0.895. The highest BCUT2D eigenvalue weighted by Gasteiger charge is 2.57. The Labute approximate surface area is 122 Å². The van der Waals surface area contributed by atoms with Crippen LogP contribution >= 0.6 is 0 Å². The molecule has 2 aliphatic rings. The fraction of sp³-hybridized carbons (Fsp3) is 0.667. The number of benzene rings is 1. The van der Waals surface area contributed by atoms with Crippen LogP contribution in [-0.2, 0) is 0 Å². The average molecular weight is 273 g/mol. The van der Waals surface area contributed by atoms with Crippen LogP contribution in [0.25, 0.3) is 0 Å². The first-order valence-corrected chi connectivity index (χ1v) is 8.13. The van der Waals surface area contributed by atoms with Gasteiger partial charge in [0.2, 0.25) is 0 Å². The molecular formula is C18H27NO. The molecule has 0 saturated heterocycles. The summed E-state index contributed by atoms with van der Waals surface area (Å²) >= 11 is 0. The molecular weight excluding hydrogens is 246 g/mol. The van der Waals surface area contributed by atoms with Gasteiger partial charge in [-0.1, -0.05) is 31.9 Å². The van der Waals surface area contributed by atoms with Crippen LogP contribution in [0.5, 0.6) is 5.75 Å². The van der Waals surface area contributed by atoms with E-state index in [1.54, 1.807) is 0 Å². The molecule has 1 N–H and O–H groups in total. The van der Waals surface area contributed by atoms with Crippen molar-refractivity contribution in [2.75, 3.05) is 6.54 Å². The first-order chi connectivity index (χ1) is 9.67. The molecule has 2 nitrogen and oxygen atoms in total. The maximum atomic E-state index is 6.44. The Kier molecular flexibility index (Phi) is 3.76. The standard InChI is InChI=1S/C18H27NO/c1-4-19-16-12-17(18(16)10-5-6-11-18)20-15-9-7-8-13(2)14(15)3/h7-9,16-17,19H,4-6,10-12H2,1-3H3. The number of aryl methyl sites for hydroxylation is 1. The predicted molar refractivity (Wildman–Crippen MR) is 83.3 cm³/mol. The van der Waals surface area contributed by atoms with Gasteiger partial charge in [-0.3, -0.25) is 0 Å². The van der Waals surface area contributed by atoms with Gasteiger partial charge in [-0.05, 0) is 50.4 Å². The molecule has 3 rings (SSSR count). The van der Waals surface area contributed by atoms with E-state index < -0.39 is 0 Å². The molecule has 2 unspecified atom stereocenters. The van der Waals surface area contributed by atoms with Gasteiger partial charge in [0.1, 0.15) is 11.9 Å². The summed E-state index contributed by atoms with van der Waals surface area (Å²) < 4.78 is 6.44. The van der Waals surface area contributed by atoms with Crippen LogP contribution in [0.15, 0.2) is 18.2 Å². The second-order valence-corrected chi connectivity index (χ2v) is 6.59. The fourth-order valence-electron chi connectivity index (χ4n) is 4.15. The van der Waals surface area contributed by atoms with Crippen LogP contribution in [0.1, 0.15) is 50.2 Å². The number of nitrogens with one attached hydrogen (secondary N) is 1. The average Bonchev–Trinajstić information content (AvgIpc) is 2.95. The SMILES string of the molecule is CCNC1CC(Oc2cccc(C)c2C)C12CCCC2. The summed E-state index contributed by atoms with van der Waals surface area (Å²) in [6, 6.07) is 7.07. The molecule has 0 bridgehead atoms. The Hall–Kier alpha value is -1.02. The zero-order valence-electron chi connectivity index (χ0n) is 13.0. The van der Waals surface area contributed by atoms with Crippen LogP contribution in [0.4, 0.5) is 0 Å². The van der Waals surface area contributed by atoms with E-state index in [2.05, 4.69) is 44.3 Å². The van der Waals surface area contributed by atoms with Crippen LogP contribution in [-0.4, -0.2) is 18.7 Å². The van der Waals surface area contributed by atoms with Crippen LogP contribution in [0.3, 0.4) is 0 Å². The van der Waals surface area contributed by atoms with Gasteiger partial charge in [0.05, 0.1) is 0 Å². The van der Waals surface area contributed by atoms with Gasteiger partial charge in [-0.15, -0.1) is 0 Å². The maximum absolute atomic E-state index is 6.44. The van der Waals surface area contributed by atoms with Gasteiger partial charge in [-0.2, -0.15) is 0 Å². The van der Waals surface area contributed by atoms with Crippen molar-refractivity contribution in [1.29, 1.82) is 0 Å². The molecule has 2 fully saturated rings. The van der Waals surface area contributed by atoms with Crippen LogP contribution in [0, 0.1) is 19.3 Å². The normalized spacial score (nSPS) is 27.6. The molecule has 110 valence electrons. The number of hydrogen-bond donors (Lipinski definition) is 1. The Morgan fingerprint density at radius 2 is 2.00 bits per heavy atom. The number of hydrogen-bond acceptors (Lipinski definition) is 2. The summed E-state index contributed by atoms with van der Waals surface area (Å²) in [5, 5.41) is 3.68. The summed E-state index contributed by atoms with van der Waals surface area (Å²) in [6.45, 7) is 7.62. The molecule has 2 saturated carbocycles. The highest BCUT2D eigenvalue weighted by molar-refractivity contribution is 5.38. The van der Waals surface area contributed by atoms with E-state index in [-0.39, 0.29) is 0 Å². The van der Waals surface area contributed by atoms with Gasteiger partial charge in [-0.25, -0.2) is 0 Å². The minimum Gasteiger partial charge on any atom is -0.489 e. The Morgan fingerprint density at radius 3 is 2.70 bits per heavy atom. The lowest BCUT2D eigenvalue weighted by molar-refractivity contribution is -0.0758. The minimum atomic E-state index is 0.409.